The van der Waals surface area contributed by atoms with Crippen LogP contribution in [-0.4, -0.2) is 72.3 Å². The minimum Gasteiger partial charge on any atom is -0.369 e. The molecule has 0 unspecified atom stereocenters. The minimum absolute atomic E-state index is 0.0251. The highest BCUT2D eigenvalue weighted by Gasteiger charge is 2.31. The SMILES string of the molecule is Cc1nc(-c2cc(S(=O)(=O)N3CCN(c4ccccc4)CC3)cn2C)sc1C(=O)N1CCCC1. The molecular formula is C24H29N5O3S2. The number of nitrogens with zero attached hydrogens (tertiary/aromatic N) is 5. The van der Waals surface area contributed by atoms with E-state index in [4.69, 9.17) is 0 Å². The zero-order chi connectivity index (χ0) is 23.9. The molecule has 8 nitrogen and oxygen atoms in total. The van der Waals surface area contributed by atoms with Crippen molar-refractivity contribution in [3.8, 4) is 10.7 Å². The number of para-hydroxylation sites is 1. The van der Waals surface area contributed by atoms with E-state index in [2.05, 4.69) is 9.88 Å². The molecule has 4 heterocycles. The summed E-state index contributed by atoms with van der Waals surface area (Å²) in [5.41, 5.74) is 2.51. The van der Waals surface area contributed by atoms with E-state index in [9.17, 15) is 13.2 Å². The highest BCUT2D eigenvalue weighted by molar-refractivity contribution is 7.89. The van der Waals surface area contributed by atoms with E-state index in [0.717, 1.165) is 31.6 Å². The Kier molecular flexibility index (Phi) is 6.22. The van der Waals surface area contributed by atoms with Crippen molar-refractivity contribution < 1.29 is 13.2 Å². The predicted octanol–water partition coefficient (Wildman–Crippen LogP) is 3.20. The van der Waals surface area contributed by atoms with E-state index < -0.39 is 10.0 Å². The van der Waals surface area contributed by atoms with Gasteiger partial charge in [-0.15, -0.1) is 11.3 Å². The number of anilines is 1. The number of piperazine rings is 1. The molecule has 0 saturated carbocycles. The average molecular weight is 500 g/mol. The van der Waals surface area contributed by atoms with Crippen molar-refractivity contribution in [1.82, 2.24) is 18.8 Å². The van der Waals surface area contributed by atoms with Crippen molar-refractivity contribution in [2.45, 2.75) is 24.7 Å². The lowest BCUT2D eigenvalue weighted by molar-refractivity contribution is 0.0796. The van der Waals surface area contributed by atoms with Gasteiger partial charge in [0.05, 0.1) is 11.4 Å². The lowest BCUT2D eigenvalue weighted by atomic mass is 10.2. The Bertz CT molecular complexity index is 1290. The zero-order valence-electron chi connectivity index (χ0n) is 19.5. The van der Waals surface area contributed by atoms with Crippen LogP contribution in [0.2, 0.25) is 0 Å². The number of amides is 1. The molecule has 10 heteroatoms. The van der Waals surface area contributed by atoms with E-state index in [1.54, 1.807) is 21.1 Å². The van der Waals surface area contributed by atoms with Gasteiger partial charge in [-0.05, 0) is 38.0 Å². The molecule has 2 aromatic heterocycles. The second-order valence-corrected chi connectivity index (χ2v) is 11.8. The maximum atomic E-state index is 13.4. The standard InChI is InChI=1S/C24H29N5O3S2/c1-18-22(24(30)28-10-6-7-11-28)33-23(25-18)21-16-20(17-26(21)2)34(31,32)29-14-12-27(13-15-29)19-8-4-3-5-9-19/h3-5,8-9,16-17H,6-7,10-15H2,1-2H3. The number of aryl methyl sites for hydroxylation is 2. The van der Waals surface area contributed by atoms with Gasteiger partial charge in [0.15, 0.2) is 0 Å². The number of hydrogen-bond donors (Lipinski definition) is 0. The molecule has 1 amide bonds. The van der Waals surface area contributed by atoms with Crippen LogP contribution in [0.25, 0.3) is 10.7 Å². The summed E-state index contributed by atoms with van der Waals surface area (Å²) in [6, 6.07) is 11.7. The molecular weight excluding hydrogens is 470 g/mol. The number of likely N-dealkylation sites (tertiary alicyclic amines) is 1. The van der Waals surface area contributed by atoms with Gasteiger partial charge in [-0.25, -0.2) is 13.4 Å². The molecule has 2 fully saturated rings. The lowest BCUT2D eigenvalue weighted by Crippen LogP contribution is -2.48. The Labute approximate surface area is 204 Å². The first kappa shape index (κ1) is 23.1. The Balaban J connectivity index is 1.34. The molecule has 3 aromatic rings. The van der Waals surface area contributed by atoms with Crippen LogP contribution in [0.5, 0.6) is 0 Å². The third kappa shape index (κ3) is 4.25. The van der Waals surface area contributed by atoms with Crippen molar-refractivity contribution >= 4 is 33.0 Å². The number of hydrogen-bond acceptors (Lipinski definition) is 6. The molecule has 1 aromatic carbocycles. The Morgan fingerprint density at radius 3 is 2.35 bits per heavy atom. The molecule has 2 aliphatic rings. The van der Waals surface area contributed by atoms with Crippen LogP contribution in [-0.2, 0) is 17.1 Å². The summed E-state index contributed by atoms with van der Waals surface area (Å²) in [5, 5.41) is 0.665. The first-order valence-electron chi connectivity index (χ1n) is 11.6. The van der Waals surface area contributed by atoms with Gasteiger partial charge in [-0.3, -0.25) is 4.79 Å². The summed E-state index contributed by atoms with van der Waals surface area (Å²) in [6.07, 6.45) is 3.72. The zero-order valence-corrected chi connectivity index (χ0v) is 21.1. The largest absolute Gasteiger partial charge is 0.369 e. The number of sulfonamides is 1. The third-order valence-corrected chi connectivity index (χ3v) is 9.61. The third-order valence-electron chi connectivity index (χ3n) is 6.58. The molecule has 0 spiro atoms. The average Bonchev–Trinajstić information content (AvgIpc) is 3.60. The van der Waals surface area contributed by atoms with Crippen molar-refractivity contribution in [1.29, 1.82) is 0 Å². The van der Waals surface area contributed by atoms with Crippen LogP contribution < -0.4 is 4.90 Å². The molecule has 0 aliphatic carbocycles. The van der Waals surface area contributed by atoms with E-state index in [-0.39, 0.29) is 10.8 Å². The molecule has 2 aliphatic heterocycles. The van der Waals surface area contributed by atoms with Gasteiger partial charge in [-0.2, -0.15) is 4.31 Å². The van der Waals surface area contributed by atoms with Gasteiger partial charge in [-0.1, -0.05) is 18.2 Å². The molecule has 0 N–H and O–H groups in total. The monoisotopic (exact) mass is 499 g/mol. The fourth-order valence-electron chi connectivity index (χ4n) is 4.63. The summed E-state index contributed by atoms with van der Waals surface area (Å²) >= 11 is 1.34. The van der Waals surface area contributed by atoms with Crippen LogP contribution in [0, 0.1) is 6.92 Å². The van der Waals surface area contributed by atoms with Gasteiger partial charge in [0.25, 0.3) is 5.91 Å². The highest BCUT2D eigenvalue weighted by atomic mass is 32.2. The maximum absolute atomic E-state index is 13.4. The minimum atomic E-state index is -3.62. The lowest BCUT2D eigenvalue weighted by Gasteiger charge is -2.35. The quantitative estimate of drug-likeness (QED) is 0.539. The molecule has 34 heavy (non-hydrogen) atoms. The first-order valence-corrected chi connectivity index (χ1v) is 13.8. The number of aromatic nitrogens is 2. The summed E-state index contributed by atoms with van der Waals surface area (Å²) in [6.45, 7) is 5.59. The molecule has 2 saturated heterocycles. The second kappa shape index (κ2) is 9.16. The van der Waals surface area contributed by atoms with Gasteiger partial charge < -0.3 is 14.4 Å². The molecule has 5 rings (SSSR count). The Morgan fingerprint density at radius 1 is 1.00 bits per heavy atom. The maximum Gasteiger partial charge on any atom is 0.265 e. The molecule has 0 bridgehead atoms. The van der Waals surface area contributed by atoms with Crippen LogP contribution in [0.3, 0.4) is 0 Å². The number of rotatable bonds is 5. The van der Waals surface area contributed by atoms with E-state index in [0.29, 0.717) is 47.5 Å². The van der Waals surface area contributed by atoms with Crippen molar-refractivity contribution in [2.75, 3.05) is 44.2 Å². The molecule has 0 atom stereocenters. The van der Waals surface area contributed by atoms with Gasteiger partial charge >= 0.3 is 0 Å². The smallest absolute Gasteiger partial charge is 0.265 e. The van der Waals surface area contributed by atoms with Gasteiger partial charge in [0.2, 0.25) is 10.0 Å². The fraction of sp³-hybridized carbons (Fsp3) is 0.417. The fourth-order valence-corrected chi connectivity index (χ4v) is 7.22. The van der Waals surface area contributed by atoms with E-state index in [1.165, 1.54) is 11.3 Å². The predicted molar refractivity (Wildman–Crippen MR) is 134 cm³/mol. The number of carbonyl (C=O) groups excluding carboxylic acids is 1. The number of benzene rings is 1. The number of thiazole rings is 1. The summed E-state index contributed by atoms with van der Waals surface area (Å²) in [4.78, 5) is 22.5. The molecule has 0 radical (unpaired) electrons. The summed E-state index contributed by atoms with van der Waals surface area (Å²) in [7, 11) is -1.80. The Morgan fingerprint density at radius 2 is 1.68 bits per heavy atom. The Hall–Kier alpha value is -2.69. The normalized spacial score (nSPS) is 17.5. The van der Waals surface area contributed by atoms with Gasteiger partial charge in [0, 0.05) is 58.2 Å². The van der Waals surface area contributed by atoms with E-state index >= 15 is 0 Å². The summed E-state index contributed by atoms with van der Waals surface area (Å²) in [5.74, 6) is 0.0251. The number of carbonyl (C=O) groups is 1. The highest BCUT2D eigenvalue weighted by Crippen LogP contribution is 2.32. The van der Waals surface area contributed by atoms with Gasteiger partial charge in [0.1, 0.15) is 14.8 Å². The van der Waals surface area contributed by atoms with Crippen LogP contribution >= 0.6 is 11.3 Å². The van der Waals surface area contributed by atoms with Crippen molar-refractivity contribution in [2.24, 2.45) is 7.05 Å². The first-order chi connectivity index (χ1) is 16.3. The van der Waals surface area contributed by atoms with Crippen LogP contribution in [0.15, 0.2) is 47.5 Å². The van der Waals surface area contributed by atoms with E-state index in [1.807, 2.05) is 49.2 Å². The second-order valence-electron chi connectivity index (χ2n) is 8.83. The van der Waals surface area contributed by atoms with Crippen LogP contribution in [0.4, 0.5) is 5.69 Å². The van der Waals surface area contributed by atoms with Crippen molar-refractivity contribution in [3.63, 3.8) is 0 Å². The van der Waals surface area contributed by atoms with Crippen LogP contribution in [0.1, 0.15) is 28.2 Å². The topological polar surface area (TPSA) is 78.8 Å². The summed E-state index contributed by atoms with van der Waals surface area (Å²) < 4.78 is 30.1. The molecule has 180 valence electrons. The van der Waals surface area contributed by atoms with Crippen molar-refractivity contribution in [3.05, 3.63) is 53.2 Å².